The third-order valence-corrected chi connectivity index (χ3v) is 6.34. The maximum atomic E-state index is 13.0. The number of nitrogens with zero attached hydrogens (tertiary/aromatic N) is 5. The molecule has 3 aromatic heterocycles. The molecule has 0 radical (unpaired) electrons. The summed E-state index contributed by atoms with van der Waals surface area (Å²) in [5.74, 6) is 0.267. The molecule has 3 fully saturated rings. The van der Waals surface area contributed by atoms with Crippen molar-refractivity contribution in [3.8, 4) is 21.7 Å². The third kappa shape index (κ3) is 2.77. The van der Waals surface area contributed by atoms with Crippen molar-refractivity contribution < 1.29 is 4.39 Å². The minimum absolute atomic E-state index is 0.449. The summed E-state index contributed by atoms with van der Waals surface area (Å²) in [5, 5.41) is 10.9. The molecule has 1 atom stereocenters. The van der Waals surface area contributed by atoms with Gasteiger partial charge in [0.05, 0.1) is 17.1 Å². The molecule has 1 unspecified atom stereocenters. The molecule has 6 heterocycles. The monoisotopic (exact) mass is 355 g/mol. The van der Waals surface area contributed by atoms with E-state index < -0.39 is 5.95 Å². The Hall–Kier alpha value is -2.12. The van der Waals surface area contributed by atoms with E-state index in [1.165, 1.54) is 32.0 Å². The molecular weight excluding hydrogens is 337 g/mol. The second-order valence-corrected chi connectivity index (χ2v) is 7.77. The van der Waals surface area contributed by atoms with Gasteiger partial charge in [-0.15, -0.1) is 16.4 Å². The first-order chi connectivity index (χ1) is 12.3. The van der Waals surface area contributed by atoms with Crippen molar-refractivity contribution in [2.45, 2.75) is 18.9 Å². The van der Waals surface area contributed by atoms with Crippen molar-refractivity contribution in [3.05, 3.63) is 41.9 Å². The van der Waals surface area contributed by atoms with Crippen molar-refractivity contribution in [1.82, 2.24) is 24.9 Å². The van der Waals surface area contributed by atoms with Crippen LogP contribution in [0.25, 0.3) is 21.7 Å². The normalized spacial score (nSPS) is 25.4. The number of thiophene rings is 1. The Morgan fingerprint density at radius 2 is 2.04 bits per heavy atom. The fourth-order valence-corrected chi connectivity index (χ4v) is 4.82. The first-order valence-electron chi connectivity index (χ1n) is 8.61. The Kier molecular flexibility index (Phi) is 3.64. The number of pyridine rings is 1. The topological polar surface area (TPSA) is 46.8 Å². The Bertz CT molecular complexity index is 879. The number of hydrogen-bond donors (Lipinski definition) is 0. The number of hydrogen-bond acceptors (Lipinski definition) is 5. The van der Waals surface area contributed by atoms with Crippen LogP contribution in [0.5, 0.6) is 0 Å². The van der Waals surface area contributed by atoms with Gasteiger partial charge in [0, 0.05) is 18.3 Å². The first-order valence-corrected chi connectivity index (χ1v) is 9.49. The summed E-state index contributed by atoms with van der Waals surface area (Å²) < 4.78 is 15.0. The van der Waals surface area contributed by atoms with Crippen LogP contribution < -0.4 is 0 Å². The van der Waals surface area contributed by atoms with Gasteiger partial charge in [0.15, 0.2) is 0 Å². The third-order valence-electron chi connectivity index (χ3n) is 5.38. The molecular formula is C18H18FN5S. The van der Waals surface area contributed by atoms with Gasteiger partial charge in [-0.05, 0) is 61.0 Å². The summed E-state index contributed by atoms with van der Waals surface area (Å²) in [4.78, 5) is 7.33. The van der Waals surface area contributed by atoms with Gasteiger partial charge in [-0.25, -0.2) is 9.67 Å². The molecule has 0 N–H and O–H groups in total. The van der Waals surface area contributed by atoms with E-state index in [2.05, 4.69) is 42.5 Å². The predicted molar refractivity (Wildman–Crippen MR) is 94.7 cm³/mol. The number of halogens is 1. The van der Waals surface area contributed by atoms with Crippen LogP contribution in [-0.4, -0.2) is 44.5 Å². The lowest BCUT2D eigenvalue weighted by atomic mass is 9.84. The van der Waals surface area contributed by atoms with Crippen LogP contribution in [0.15, 0.2) is 36.0 Å². The fourth-order valence-electron chi connectivity index (χ4n) is 3.95. The van der Waals surface area contributed by atoms with Gasteiger partial charge in [-0.3, -0.25) is 0 Å². The Balaban J connectivity index is 1.40. The summed E-state index contributed by atoms with van der Waals surface area (Å²) in [6, 6.07) is 5.66. The summed E-state index contributed by atoms with van der Waals surface area (Å²) in [6.45, 7) is 3.54. The van der Waals surface area contributed by atoms with Crippen molar-refractivity contribution in [1.29, 1.82) is 0 Å². The average Bonchev–Trinajstić information content (AvgIpc) is 3.33. The molecule has 0 aliphatic carbocycles. The molecule has 0 saturated carbocycles. The Labute approximate surface area is 149 Å². The van der Waals surface area contributed by atoms with E-state index in [9.17, 15) is 4.39 Å². The standard InChI is InChI=1S/C18H18FN5S/c19-18-2-1-13(8-20-18)14-7-17(25-11-14)15-9-24(22-21-15)16-10-23-5-3-12(16)4-6-23/h1-2,7-9,11-12,16H,3-6,10H2. The van der Waals surface area contributed by atoms with Gasteiger partial charge in [0.25, 0.3) is 0 Å². The summed E-state index contributed by atoms with van der Waals surface area (Å²) in [6.07, 6.45) is 6.16. The second kappa shape index (κ2) is 6.00. The second-order valence-electron chi connectivity index (χ2n) is 6.86. The predicted octanol–water partition coefficient (Wildman–Crippen LogP) is 3.47. The van der Waals surface area contributed by atoms with Crippen LogP contribution in [0.2, 0.25) is 0 Å². The van der Waals surface area contributed by atoms with Crippen LogP contribution >= 0.6 is 11.3 Å². The molecule has 6 rings (SSSR count). The van der Waals surface area contributed by atoms with E-state index in [-0.39, 0.29) is 0 Å². The van der Waals surface area contributed by atoms with Crippen LogP contribution in [-0.2, 0) is 0 Å². The van der Waals surface area contributed by atoms with Gasteiger partial charge in [0.1, 0.15) is 5.69 Å². The zero-order valence-corrected chi connectivity index (χ0v) is 14.5. The quantitative estimate of drug-likeness (QED) is 0.675. The SMILES string of the molecule is Fc1ccc(-c2csc(-c3cn(C4CN5CCC4CC5)nn3)c2)cn1. The minimum atomic E-state index is -0.459. The molecule has 7 heteroatoms. The molecule has 3 saturated heterocycles. The molecule has 2 bridgehead atoms. The van der Waals surface area contributed by atoms with Crippen molar-refractivity contribution in [3.63, 3.8) is 0 Å². The zero-order valence-electron chi connectivity index (χ0n) is 13.7. The van der Waals surface area contributed by atoms with Crippen molar-refractivity contribution in [2.75, 3.05) is 19.6 Å². The summed E-state index contributed by atoms with van der Waals surface area (Å²) >= 11 is 1.63. The maximum Gasteiger partial charge on any atom is 0.212 e. The molecule has 3 aromatic rings. The molecule has 128 valence electrons. The minimum Gasteiger partial charge on any atom is -0.301 e. The van der Waals surface area contributed by atoms with E-state index in [0.29, 0.717) is 6.04 Å². The number of fused-ring (bicyclic) bond motifs is 3. The van der Waals surface area contributed by atoms with E-state index in [0.717, 1.165) is 34.2 Å². The van der Waals surface area contributed by atoms with Crippen LogP contribution in [0.4, 0.5) is 4.39 Å². The molecule has 3 aliphatic heterocycles. The van der Waals surface area contributed by atoms with E-state index in [1.54, 1.807) is 23.6 Å². The van der Waals surface area contributed by atoms with Crippen LogP contribution in [0.1, 0.15) is 18.9 Å². The van der Waals surface area contributed by atoms with Gasteiger partial charge >= 0.3 is 0 Å². The highest BCUT2D eigenvalue weighted by atomic mass is 32.1. The van der Waals surface area contributed by atoms with Crippen LogP contribution in [0, 0.1) is 11.9 Å². The van der Waals surface area contributed by atoms with E-state index >= 15 is 0 Å². The van der Waals surface area contributed by atoms with Crippen molar-refractivity contribution in [2.24, 2.45) is 5.92 Å². The lowest BCUT2D eigenvalue weighted by molar-refractivity contribution is 0.0504. The largest absolute Gasteiger partial charge is 0.301 e. The Morgan fingerprint density at radius 1 is 1.16 bits per heavy atom. The van der Waals surface area contributed by atoms with Gasteiger partial charge < -0.3 is 4.90 Å². The molecule has 0 spiro atoms. The molecule has 5 nitrogen and oxygen atoms in total. The van der Waals surface area contributed by atoms with Crippen LogP contribution in [0.3, 0.4) is 0 Å². The number of rotatable bonds is 3. The smallest absolute Gasteiger partial charge is 0.212 e. The maximum absolute atomic E-state index is 13.0. The molecule has 0 amide bonds. The van der Waals surface area contributed by atoms with E-state index in [4.69, 9.17) is 0 Å². The zero-order chi connectivity index (χ0) is 16.8. The molecule has 0 aromatic carbocycles. The highest BCUT2D eigenvalue weighted by Crippen LogP contribution is 2.36. The average molecular weight is 355 g/mol. The molecule has 25 heavy (non-hydrogen) atoms. The lowest BCUT2D eigenvalue weighted by Crippen LogP contribution is -2.48. The first kappa shape index (κ1) is 15.2. The highest BCUT2D eigenvalue weighted by molar-refractivity contribution is 7.14. The number of aromatic nitrogens is 4. The highest BCUT2D eigenvalue weighted by Gasteiger charge is 2.35. The van der Waals surface area contributed by atoms with Gasteiger partial charge in [0.2, 0.25) is 5.95 Å². The molecule has 3 aliphatic rings. The summed E-state index contributed by atoms with van der Waals surface area (Å²) in [5.41, 5.74) is 2.85. The number of piperidine rings is 3. The Morgan fingerprint density at radius 3 is 2.76 bits per heavy atom. The lowest BCUT2D eigenvalue weighted by Gasteiger charge is -2.44. The fraction of sp³-hybridized carbons (Fsp3) is 0.389. The summed E-state index contributed by atoms with van der Waals surface area (Å²) in [7, 11) is 0. The van der Waals surface area contributed by atoms with Gasteiger partial charge in [-0.2, -0.15) is 4.39 Å². The van der Waals surface area contributed by atoms with Gasteiger partial charge in [-0.1, -0.05) is 5.21 Å². The van der Waals surface area contributed by atoms with E-state index in [1.807, 2.05) is 0 Å². The van der Waals surface area contributed by atoms with Crippen molar-refractivity contribution >= 4 is 11.3 Å².